The quantitative estimate of drug-likeness (QED) is 0.209. The fourth-order valence-electron chi connectivity index (χ4n) is 4.60. The van der Waals surface area contributed by atoms with E-state index in [-0.39, 0.29) is 6.04 Å². The average molecular weight is 525 g/mol. The third kappa shape index (κ3) is 4.97. The number of alkyl halides is 1. The van der Waals surface area contributed by atoms with Crippen molar-refractivity contribution in [3.63, 3.8) is 0 Å². The lowest BCUT2D eigenvalue weighted by Gasteiger charge is -2.35. The third-order valence-corrected chi connectivity index (χ3v) is 6.83. The van der Waals surface area contributed by atoms with Crippen LogP contribution in [0.4, 0.5) is 4.79 Å². The molecule has 186 valence electrons. The molecule has 1 N–H and O–H groups in total. The van der Waals surface area contributed by atoms with Crippen LogP contribution in [-0.2, 0) is 6.42 Å². The Bertz CT molecular complexity index is 1350. The van der Waals surface area contributed by atoms with Crippen molar-refractivity contribution in [3.8, 4) is 17.2 Å². The predicted octanol–water partition coefficient (Wildman–Crippen LogP) is 6.98. The summed E-state index contributed by atoms with van der Waals surface area (Å²) in [7, 11) is 1.60. The van der Waals surface area contributed by atoms with E-state index in [1.54, 1.807) is 36.3 Å². The van der Waals surface area contributed by atoms with Gasteiger partial charge in [-0.3, -0.25) is 4.90 Å². The summed E-state index contributed by atoms with van der Waals surface area (Å²) in [4.78, 5) is 18.7. The molecule has 36 heavy (non-hydrogen) atoms. The van der Waals surface area contributed by atoms with Crippen LogP contribution in [0.15, 0.2) is 66.7 Å². The van der Waals surface area contributed by atoms with Crippen LogP contribution in [-0.4, -0.2) is 42.1 Å². The Morgan fingerprint density at radius 1 is 1.03 bits per heavy atom. The lowest BCUT2D eigenvalue weighted by molar-refractivity contribution is 0.135. The van der Waals surface area contributed by atoms with Gasteiger partial charge in [-0.2, -0.15) is 0 Å². The van der Waals surface area contributed by atoms with Crippen LogP contribution in [0, 0.1) is 0 Å². The molecule has 1 amide bonds. The van der Waals surface area contributed by atoms with Gasteiger partial charge in [-0.15, -0.1) is 11.6 Å². The van der Waals surface area contributed by atoms with Crippen molar-refractivity contribution in [3.05, 3.63) is 88.6 Å². The van der Waals surface area contributed by atoms with Gasteiger partial charge < -0.3 is 19.2 Å². The van der Waals surface area contributed by atoms with Crippen LogP contribution in [0.5, 0.6) is 17.2 Å². The normalized spacial score (nSPS) is 15.0. The summed E-state index contributed by atoms with van der Waals surface area (Å²) in [6.07, 6.45) is 1.04. The van der Waals surface area contributed by atoms with E-state index >= 15 is 0 Å². The number of ether oxygens (including phenoxy) is 3. The maximum Gasteiger partial charge on any atom is 0.416 e. The van der Waals surface area contributed by atoms with Crippen LogP contribution >= 0.6 is 23.2 Å². The molecule has 6 nitrogen and oxygen atoms in total. The van der Waals surface area contributed by atoms with E-state index < -0.39 is 6.09 Å². The van der Waals surface area contributed by atoms with Crippen molar-refractivity contribution in [1.29, 1.82) is 0 Å². The van der Waals surface area contributed by atoms with Crippen LogP contribution in [0.1, 0.15) is 29.3 Å². The van der Waals surface area contributed by atoms with Gasteiger partial charge in [0.2, 0.25) is 0 Å². The SMILES string of the molecule is COc1ccc(OC(=O)N2CCc3c([nH]c4ccc(Cl)cc34)C2c2ccc(OCCCCl)cc2)cc1. The standard InChI is InChI=1S/C28H26Cl2N2O4/c1-34-20-8-10-22(11-9-20)36-28(33)32-15-13-23-24-17-19(30)5-12-25(24)31-26(23)27(32)18-3-6-21(7-4-18)35-16-2-14-29/h3-12,17,27,31H,2,13-16H2,1H3. The number of amides is 1. The molecule has 0 saturated carbocycles. The van der Waals surface area contributed by atoms with Gasteiger partial charge >= 0.3 is 6.09 Å². The van der Waals surface area contributed by atoms with Crippen molar-refractivity contribution in [2.24, 2.45) is 0 Å². The van der Waals surface area contributed by atoms with Crippen molar-refractivity contribution in [2.75, 3.05) is 26.1 Å². The number of nitrogens with one attached hydrogen (secondary N) is 1. The monoisotopic (exact) mass is 524 g/mol. The van der Waals surface area contributed by atoms with Crippen molar-refractivity contribution in [1.82, 2.24) is 9.88 Å². The molecular formula is C28H26Cl2N2O4. The summed E-state index contributed by atoms with van der Waals surface area (Å²) < 4.78 is 16.7. The minimum atomic E-state index is -0.421. The molecule has 1 aromatic heterocycles. The molecule has 2 heterocycles. The first-order chi connectivity index (χ1) is 17.6. The first-order valence-electron chi connectivity index (χ1n) is 11.8. The van der Waals surface area contributed by atoms with E-state index in [1.807, 2.05) is 42.5 Å². The van der Waals surface area contributed by atoms with Gasteiger partial charge in [-0.25, -0.2) is 4.79 Å². The molecule has 1 unspecified atom stereocenters. The second-order valence-electron chi connectivity index (χ2n) is 8.56. The molecule has 0 aliphatic carbocycles. The Hall–Kier alpha value is -3.35. The Kier molecular flexibility index (Phi) is 7.25. The number of fused-ring (bicyclic) bond motifs is 3. The number of nitrogens with zero attached hydrogens (tertiary/aromatic N) is 1. The Morgan fingerprint density at radius 3 is 2.47 bits per heavy atom. The van der Waals surface area contributed by atoms with Gasteiger partial charge in [0, 0.05) is 34.0 Å². The third-order valence-electron chi connectivity index (χ3n) is 6.33. The maximum absolute atomic E-state index is 13.4. The highest BCUT2D eigenvalue weighted by Crippen LogP contribution is 2.40. The minimum absolute atomic E-state index is 0.359. The second kappa shape index (κ2) is 10.7. The first-order valence-corrected chi connectivity index (χ1v) is 12.7. The zero-order valence-corrected chi connectivity index (χ0v) is 21.3. The molecule has 0 spiro atoms. The summed E-state index contributed by atoms with van der Waals surface area (Å²) in [5.74, 6) is 2.46. The number of carbonyl (C=O) groups is 1. The minimum Gasteiger partial charge on any atom is -0.497 e. The van der Waals surface area contributed by atoms with Crippen LogP contribution in [0.3, 0.4) is 0 Å². The van der Waals surface area contributed by atoms with Gasteiger partial charge in [0.25, 0.3) is 0 Å². The van der Waals surface area contributed by atoms with Crippen LogP contribution in [0.2, 0.25) is 5.02 Å². The molecule has 0 bridgehead atoms. The average Bonchev–Trinajstić information content (AvgIpc) is 3.27. The molecule has 0 radical (unpaired) electrons. The highest BCUT2D eigenvalue weighted by Gasteiger charge is 2.35. The largest absolute Gasteiger partial charge is 0.497 e. The number of aromatic nitrogens is 1. The molecule has 0 fully saturated rings. The number of hydrogen-bond donors (Lipinski definition) is 1. The number of aromatic amines is 1. The van der Waals surface area contributed by atoms with Gasteiger partial charge in [0.15, 0.2) is 0 Å². The molecule has 1 aliphatic rings. The Labute approximate surface area is 219 Å². The second-order valence-corrected chi connectivity index (χ2v) is 9.37. The highest BCUT2D eigenvalue weighted by molar-refractivity contribution is 6.31. The van der Waals surface area contributed by atoms with Gasteiger partial charge in [0.1, 0.15) is 23.3 Å². The van der Waals surface area contributed by atoms with Gasteiger partial charge in [0.05, 0.1) is 13.7 Å². The van der Waals surface area contributed by atoms with E-state index in [2.05, 4.69) is 4.98 Å². The molecule has 0 saturated heterocycles. The number of hydrogen-bond acceptors (Lipinski definition) is 4. The molecule has 4 aromatic rings. The van der Waals surface area contributed by atoms with Crippen molar-refractivity contribution < 1.29 is 19.0 Å². The molecule has 1 atom stereocenters. The molecule has 3 aromatic carbocycles. The van der Waals surface area contributed by atoms with E-state index in [1.165, 1.54) is 0 Å². The lowest BCUT2D eigenvalue weighted by Crippen LogP contribution is -2.42. The van der Waals surface area contributed by atoms with Crippen LogP contribution in [0.25, 0.3) is 10.9 Å². The summed E-state index contributed by atoms with van der Waals surface area (Å²) in [5.41, 5.74) is 4.06. The lowest BCUT2D eigenvalue weighted by atomic mass is 9.92. The molecule has 8 heteroatoms. The topological polar surface area (TPSA) is 63.8 Å². The Balaban J connectivity index is 1.49. The number of halogens is 2. The number of carbonyl (C=O) groups excluding carboxylic acids is 1. The predicted molar refractivity (Wildman–Crippen MR) is 142 cm³/mol. The zero-order chi connectivity index (χ0) is 25.1. The van der Waals surface area contributed by atoms with E-state index in [0.717, 1.165) is 39.9 Å². The number of benzene rings is 3. The maximum atomic E-state index is 13.4. The first kappa shape index (κ1) is 24.3. The molecule has 1 aliphatic heterocycles. The zero-order valence-electron chi connectivity index (χ0n) is 19.8. The Morgan fingerprint density at radius 2 is 1.75 bits per heavy atom. The van der Waals surface area contributed by atoms with Crippen molar-refractivity contribution >= 4 is 40.2 Å². The summed E-state index contributed by atoms with van der Waals surface area (Å²) in [6.45, 7) is 1.06. The summed E-state index contributed by atoms with van der Waals surface area (Å²) in [5, 5.41) is 1.76. The molecule has 5 rings (SSSR count). The number of H-pyrrole nitrogens is 1. The number of rotatable bonds is 7. The van der Waals surface area contributed by atoms with Gasteiger partial charge in [-0.1, -0.05) is 23.7 Å². The van der Waals surface area contributed by atoms with Crippen LogP contribution < -0.4 is 14.2 Å². The van der Waals surface area contributed by atoms with E-state index in [9.17, 15) is 4.79 Å². The van der Waals surface area contributed by atoms with Gasteiger partial charge in [-0.05, 0) is 78.6 Å². The summed E-state index contributed by atoms with van der Waals surface area (Å²) >= 11 is 12.1. The molecular weight excluding hydrogens is 499 g/mol. The number of methoxy groups -OCH3 is 1. The fraction of sp³-hybridized carbons (Fsp3) is 0.250. The van der Waals surface area contributed by atoms with E-state index in [4.69, 9.17) is 37.4 Å². The van der Waals surface area contributed by atoms with E-state index in [0.29, 0.717) is 42.0 Å². The summed E-state index contributed by atoms with van der Waals surface area (Å²) in [6, 6.07) is 20.2. The smallest absolute Gasteiger partial charge is 0.416 e. The fourth-order valence-corrected chi connectivity index (χ4v) is 4.88. The highest BCUT2D eigenvalue weighted by atomic mass is 35.5. The van der Waals surface area contributed by atoms with Crippen molar-refractivity contribution in [2.45, 2.75) is 18.9 Å².